The highest BCUT2D eigenvalue weighted by atomic mass is 127. The van der Waals surface area contributed by atoms with Crippen molar-refractivity contribution in [2.24, 2.45) is 4.99 Å². The van der Waals surface area contributed by atoms with Crippen LogP contribution < -0.4 is 10.0 Å². The fourth-order valence-corrected chi connectivity index (χ4v) is 3.36. The Balaban J connectivity index is 0.00000312. The van der Waals surface area contributed by atoms with Gasteiger partial charge in [0.25, 0.3) is 0 Å². The molecule has 0 bridgehead atoms. The van der Waals surface area contributed by atoms with Crippen LogP contribution in [0.4, 0.5) is 0 Å². The number of aliphatic imine (C=N–C) groups is 1. The third-order valence-electron chi connectivity index (χ3n) is 4.06. The first-order valence-corrected chi connectivity index (χ1v) is 10.3. The van der Waals surface area contributed by atoms with E-state index in [1.807, 2.05) is 0 Å². The molecule has 0 aromatic heterocycles. The minimum absolute atomic E-state index is 0. The molecule has 0 atom stereocenters. The molecule has 1 aromatic rings. The molecular weight excluding hydrogens is 451 g/mol. The van der Waals surface area contributed by atoms with Crippen molar-refractivity contribution in [3.8, 4) is 0 Å². The van der Waals surface area contributed by atoms with Gasteiger partial charge in [-0.15, -0.1) is 24.0 Å². The quantitative estimate of drug-likeness (QED) is 0.271. The van der Waals surface area contributed by atoms with E-state index in [9.17, 15) is 8.42 Å². The Morgan fingerprint density at radius 2 is 1.96 bits per heavy atom. The predicted molar refractivity (Wildman–Crippen MR) is 114 cm³/mol. The molecule has 0 aliphatic carbocycles. The van der Waals surface area contributed by atoms with Gasteiger partial charge in [0.15, 0.2) is 5.96 Å². The Labute approximate surface area is 168 Å². The molecule has 1 aromatic carbocycles. The first-order chi connectivity index (χ1) is 11.6. The van der Waals surface area contributed by atoms with Gasteiger partial charge in [0.2, 0.25) is 10.0 Å². The van der Waals surface area contributed by atoms with Gasteiger partial charge in [0.05, 0.1) is 5.75 Å². The predicted octanol–water partition coefficient (Wildman–Crippen LogP) is 1.96. The Bertz CT molecular complexity index is 664. The van der Waals surface area contributed by atoms with Gasteiger partial charge in [-0.05, 0) is 37.8 Å². The maximum Gasteiger partial charge on any atom is 0.211 e. The Morgan fingerprint density at radius 1 is 1.24 bits per heavy atom. The summed E-state index contributed by atoms with van der Waals surface area (Å²) in [5, 5.41) is 3.34. The molecule has 1 aliphatic heterocycles. The Morgan fingerprint density at radius 3 is 2.64 bits per heavy atom. The smallest absolute Gasteiger partial charge is 0.211 e. The molecule has 0 saturated carbocycles. The van der Waals surface area contributed by atoms with Crippen molar-refractivity contribution in [1.29, 1.82) is 0 Å². The fraction of sp³-hybridized carbons (Fsp3) is 0.588. The third kappa shape index (κ3) is 7.10. The number of hydrogen-bond acceptors (Lipinski definition) is 3. The van der Waals surface area contributed by atoms with Crippen molar-refractivity contribution >= 4 is 40.0 Å². The number of nitrogens with one attached hydrogen (secondary N) is 2. The fourth-order valence-electron chi connectivity index (χ4n) is 2.70. The molecule has 0 fully saturated rings. The topological polar surface area (TPSA) is 73.8 Å². The minimum atomic E-state index is -3.11. The van der Waals surface area contributed by atoms with Crippen LogP contribution in [0.5, 0.6) is 0 Å². The molecule has 6 nitrogen and oxygen atoms in total. The molecule has 2 N–H and O–H groups in total. The van der Waals surface area contributed by atoms with Gasteiger partial charge < -0.3 is 10.2 Å². The van der Waals surface area contributed by atoms with Crippen molar-refractivity contribution in [2.45, 2.75) is 33.2 Å². The van der Waals surface area contributed by atoms with Crippen LogP contribution in [-0.4, -0.2) is 51.2 Å². The summed E-state index contributed by atoms with van der Waals surface area (Å²) in [5.41, 5.74) is 2.77. The molecule has 8 heteroatoms. The third-order valence-corrected chi connectivity index (χ3v) is 5.47. The summed E-state index contributed by atoms with van der Waals surface area (Å²) in [7, 11) is -3.11. The van der Waals surface area contributed by atoms with E-state index in [0.717, 1.165) is 32.0 Å². The second-order valence-corrected chi connectivity index (χ2v) is 7.92. The Hall–Kier alpha value is -0.870. The van der Waals surface area contributed by atoms with E-state index in [-0.39, 0.29) is 29.7 Å². The maximum atomic E-state index is 11.4. The van der Waals surface area contributed by atoms with Crippen molar-refractivity contribution in [3.63, 3.8) is 0 Å². The summed E-state index contributed by atoms with van der Waals surface area (Å²) in [6, 6.07) is 8.53. The summed E-state index contributed by atoms with van der Waals surface area (Å²) >= 11 is 0. The Kier molecular flexibility index (Phi) is 9.73. The summed E-state index contributed by atoms with van der Waals surface area (Å²) in [5.74, 6) is 1.02. The average Bonchev–Trinajstić information content (AvgIpc) is 2.60. The molecule has 0 saturated heterocycles. The van der Waals surface area contributed by atoms with Crippen LogP contribution in [-0.2, 0) is 23.0 Å². The van der Waals surface area contributed by atoms with Crippen LogP contribution in [0.25, 0.3) is 0 Å². The molecule has 0 unspecified atom stereocenters. The first-order valence-electron chi connectivity index (χ1n) is 8.63. The molecule has 0 amide bonds. The van der Waals surface area contributed by atoms with Gasteiger partial charge in [0, 0.05) is 32.7 Å². The standard InChI is InChI=1S/C17H28N4O2S.HI/c1-3-18-17(19-11-7-12-20-24(22,23)4-2)21-13-10-15-8-5-6-9-16(15)14-21;/h5-6,8-9,20H,3-4,7,10-14H2,1-2H3,(H,18,19);1H. The number of halogens is 1. The van der Waals surface area contributed by atoms with Crippen LogP contribution in [0.15, 0.2) is 29.3 Å². The number of nitrogens with zero attached hydrogens (tertiary/aromatic N) is 2. The zero-order chi connectivity index (χ0) is 17.4. The lowest BCUT2D eigenvalue weighted by Gasteiger charge is -2.31. The number of fused-ring (bicyclic) bond motifs is 1. The highest BCUT2D eigenvalue weighted by Gasteiger charge is 2.18. The number of rotatable bonds is 7. The van der Waals surface area contributed by atoms with Crippen LogP contribution in [0.2, 0.25) is 0 Å². The van der Waals surface area contributed by atoms with Gasteiger partial charge in [-0.2, -0.15) is 0 Å². The van der Waals surface area contributed by atoms with E-state index in [4.69, 9.17) is 0 Å². The van der Waals surface area contributed by atoms with Crippen molar-refractivity contribution in [3.05, 3.63) is 35.4 Å². The molecule has 142 valence electrons. The van der Waals surface area contributed by atoms with Crippen molar-refractivity contribution in [1.82, 2.24) is 14.9 Å². The summed E-state index contributed by atoms with van der Waals surface area (Å²) < 4.78 is 25.4. The second kappa shape index (κ2) is 11.0. The maximum absolute atomic E-state index is 11.4. The summed E-state index contributed by atoms with van der Waals surface area (Å²) in [6.07, 6.45) is 1.72. The normalized spacial score (nSPS) is 14.6. The van der Waals surface area contributed by atoms with Gasteiger partial charge >= 0.3 is 0 Å². The van der Waals surface area contributed by atoms with Gasteiger partial charge in [-0.1, -0.05) is 24.3 Å². The molecule has 1 aliphatic rings. The van der Waals surface area contributed by atoms with Gasteiger partial charge in [0.1, 0.15) is 0 Å². The lowest BCUT2D eigenvalue weighted by atomic mass is 10.0. The van der Waals surface area contributed by atoms with Gasteiger partial charge in [-0.25, -0.2) is 13.1 Å². The van der Waals surface area contributed by atoms with Crippen LogP contribution >= 0.6 is 24.0 Å². The molecule has 25 heavy (non-hydrogen) atoms. The number of sulfonamides is 1. The zero-order valence-electron chi connectivity index (χ0n) is 15.0. The lowest BCUT2D eigenvalue weighted by Crippen LogP contribution is -2.44. The van der Waals surface area contributed by atoms with Crippen LogP contribution in [0, 0.1) is 0 Å². The van der Waals surface area contributed by atoms with Gasteiger partial charge in [-0.3, -0.25) is 4.99 Å². The summed E-state index contributed by atoms with van der Waals surface area (Å²) in [6.45, 7) is 7.37. The van der Waals surface area contributed by atoms with E-state index in [0.29, 0.717) is 19.5 Å². The lowest BCUT2D eigenvalue weighted by molar-refractivity contribution is 0.378. The highest BCUT2D eigenvalue weighted by Crippen LogP contribution is 2.18. The monoisotopic (exact) mass is 480 g/mol. The molecular formula is C17H29IN4O2S. The first kappa shape index (κ1) is 22.2. The SMILES string of the molecule is CCNC(=NCCCNS(=O)(=O)CC)N1CCc2ccccc2C1.I. The largest absolute Gasteiger partial charge is 0.357 e. The molecule has 1 heterocycles. The van der Waals surface area contributed by atoms with Crippen molar-refractivity contribution < 1.29 is 8.42 Å². The van der Waals surface area contributed by atoms with Crippen LogP contribution in [0.3, 0.4) is 0 Å². The molecule has 2 rings (SSSR count). The number of hydrogen-bond donors (Lipinski definition) is 2. The number of benzene rings is 1. The van der Waals surface area contributed by atoms with Crippen molar-refractivity contribution in [2.75, 3.05) is 31.9 Å². The van der Waals surface area contributed by atoms with E-state index >= 15 is 0 Å². The zero-order valence-corrected chi connectivity index (χ0v) is 18.1. The molecule has 0 spiro atoms. The summed E-state index contributed by atoms with van der Waals surface area (Å²) in [4.78, 5) is 6.92. The minimum Gasteiger partial charge on any atom is -0.357 e. The second-order valence-electron chi connectivity index (χ2n) is 5.83. The van der Waals surface area contributed by atoms with E-state index in [1.54, 1.807) is 6.92 Å². The number of guanidine groups is 1. The van der Waals surface area contributed by atoms with E-state index in [1.165, 1.54) is 11.1 Å². The van der Waals surface area contributed by atoms with E-state index < -0.39 is 10.0 Å². The van der Waals surface area contributed by atoms with Crippen LogP contribution in [0.1, 0.15) is 31.4 Å². The highest BCUT2D eigenvalue weighted by molar-refractivity contribution is 14.0. The van der Waals surface area contributed by atoms with E-state index in [2.05, 4.69) is 51.1 Å². The average molecular weight is 480 g/mol. The molecule has 0 radical (unpaired) electrons.